The van der Waals surface area contributed by atoms with Crippen molar-refractivity contribution < 1.29 is 29.5 Å². The molecule has 2 atom stereocenters. The van der Waals surface area contributed by atoms with Crippen molar-refractivity contribution in [2.24, 2.45) is 17.8 Å². The molecule has 2 unspecified atom stereocenters. The highest BCUT2D eigenvalue weighted by molar-refractivity contribution is 7.14. The predicted molar refractivity (Wildman–Crippen MR) is 119 cm³/mol. The van der Waals surface area contributed by atoms with Gasteiger partial charge in [-0.25, -0.2) is 4.98 Å². The summed E-state index contributed by atoms with van der Waals surface area (Å²) >= 11 is 1.16. The zero-order valence-corrected chi connectivity index (χ0v) is 18.9. The Bertz CT molecular complexity index is 1050. The van der Waals surface area contributed by atoms with E-state index in [0.717, 1.165) is 11.3 Å². The maximum absolute atomic E-state index is 11.9. The van der Waals surface area contributed by atoms with E-state index >= 15 is 0 Å². The van der Waals surface area contributed by atoms with Crippen molar-refractivity contribution in [3.8, 4) is 11.3 Å². The highest BCUT2D eigenvalue weighted by Gasteiger charge is 2.26. The second-order valence-electron chi connectivity index (χ2n) is 7.96. The molecule has 0 aliphatic rings. The Kier molecular flexibility index (Phi) is 8.03. The van der Waals surface area contributed by atoms with Crippen molar-refractivity contribution in [3.05, 3.63) is 38.8 Å². The number of nitro groups is 1. The van der Waals surface area contributed by atoms with Crippen LogP contribution >= 0.6 is 11.3 Å². The van der Waals surface area contributed by atoms with Crippen LogP contribution in [0.1, 0.15) is 38.8 Å². The van der Waals surface area contributed by atoms with E-state index in [1.807, 2.05) is 0 Å². The quantitative estimate of drug-likeness (QED) is 0.354. The van der Waals surface area contributed by atoms with E-state index in [1.165, 1.54) is 19.9 Å². The molecule has 0 bridgehead atoms. The molecule has 2 aromatic rings. The second-order valence-corrected chi connectivity index (χ2v) is 8.82. The summed E-state index contributed by atoms with van der Waals surface area (Å²) in [5, 5.41) is 35.1. The molecule has 1 amide bonds. The Balaban J connectivity index is 2.57. The van der Waals surface area contributed by atoms with Crippen LogP contribution in [0.15, 0.2) is 17.5 Å². The van der Waals surface area contributed by atoms with Gasteiger partial charge in [0.25, 0.3) is 5.69 Å². The number of rotatable bonds is 10. The van der Waals surface area contributed by atoms with Crippen molar-refractivity contribution in [2.45, 2.75) is 40.5 Å². The molecule has 1 aromatic carbocycles. The van der Waals surface area contributed by atoms with Crippen LogP contribution in [-0.4, -0.2) is 38.0 Å². The molecular formula is C21H25N3O7S. The monoisotopic (exact) mass is 463 g/mol. The molecule has 0 saturated carbocycles. The third-order valence-corrected chi connectivity index (χ3v) is 5.71. The minimum atomic E-state index is -1.11. The average molecular weight is 464 g/mol. The van der Waals surface area contributed by atoms with Gasteiger partial charge in [0.15, 0.2) is 5.13 Å². The van der Waals surface area contributed by atoms with Gasteiger partial charge < -0.3 is 15.5 Å². The fraction of sp³-hybridized carbons (Fsp3) is 0.429. The van der Waals surface area contributed by atoms with E-state index in [9.17, 15) is 34.7 Å². The van der Waals surface area contributed by atoms with Crippen LogP contribution in [0.4, 0.5) is 10.8 Å². The molecule has 1 heterocycles. The number of hydrogen-bond donors (Lipinski definition) is 3. The number of aliphatic carboxylic acids is 2. The number of aromatic nitrogens is 1. The molecule has 3 N–H and O–H groups in total. The molecule has 10 nitrogen and oxygen atoms in total. The molecule has 0 radical (unpaired) electrons. The number of anilines is 1. The largest absolute Gasteiger partial charge is 0.481 e. The number of nitrogens with zero attached hydrogens (tertiary/aromatic N) is 2. The first-order valence-corrected chi connectivity index (χ1v) is 10.8. The van der Waals surface area contributed by atoms with Crippen molar-refractivity contribution in [1.29, 1.82) is 0 Å². The third kappa shape index (κ3) is 6.10. The highest BCUT2D eigenvalue weighted by Crippen LogP contribution is 2.35. The molecule has 0 spiro atoms. The van der Waals surface area contributed by atoms with Crippen LogP contribution in [0.5, 0.6) is 0 Å². The normalized spacial score (nSPS) is 12.9. The van der Waals surface area contributed by atoms with Gasteiger partial charge >= 0.3 is 11.9 Å². The van der Waals surface area contributed by atoms with Crippen LogP contribution in [0.2, 0.25) is 0 Å². The van der Waals surface area contributed by atoms with Gasteiger partial charge in [0.05, 0.1) is 22.5 Å². The fourth-order valence-corrected chi connectivity index (χ4v) is 3.69. The summed E-state index contributed by atoms with van der Waals surface area (Å²) in [6.45, 7) is 6.39. The summed E-state index contributed by atoms with van der Waals surface area (Å²) in [6.07, 6.45) is -0.118. The van der Waals surface area contributed by atoms with Gasteiger partial charge in [0.2, 0.25) is 5.91 Å². The zero-order chi connectivity index (χ0) is 24.2. The maximum Gasteiger partial charge on any atom is 0.306 e. The van der Waals surface area contributed by atoms with Gasteiger partial charge in [-0.2, -0.15) is 0 Å². The number of thiazole rings is 1. The summed E-state index contributed by atoms with van der Waals surface area (Å²) in [6, 6.07) is 2.92. The summed E-state index contributed by atoms with van der Waals surface area (Å²) in [5.74, 6) is -4.36. The molecule has 1 aromatic heterocycles. The molecule has 0 saturated heterocycles. The van der Waals surface area contributed by atoms with Gasteiger partial charge in [0.1, 0.15) is 0 Å². The van der Waals surface area contributed by atoms with Crippen molar-refractivity contribution >= 4 is 40.0 Å². The SMILES string of the molecule is CC(C)C(=O)Nc1nc(-c2cc(CC(C)C(=O)O)c(CC(C)C(=O)O)c([N+](=O)[O-])c2)cs1. The van der Waals surface area contributed by atoms with Gasteiger partial charge in [-0.1, -0.05) is 27.7 Å². The second kappa shape index (κ2) is 10.3. The topological polar surface area (TPSA) is 160 Å². The fourth-order valence-electron chi connectivity index (χ4n) is 2.97. The van der Waals surface area contributed by atoms with Crippen LogP contribution in [0.25, 0.3) is 11.3 Å². The number of benzene rings is 1. The summed E-state index contributed by atoms with van der Waals surface area (Å²) in [5.41, 5.74) is 1.07. The first kappa shape index (κ1) is 24.9. The number of nitrogens with one attached hydrogen (secondary N) is 1. The van der Waals surface area contributed by atoms with Gasteiger partial charge in [-0.3, -0.25) is 24.5 Å². The Morgan fingerprint density at radius 3 is 2.22 bits per heavy atom. The van der Waals surface area contributed by atoms with Gasteiger partial charge in [-0.05, 0) is 24.5 Å². The minimum Gasteiger partial charge on any atom is -0.481 e. The van der Waals surface area contributed by atoms with Crippen LogP contribution < -0.4 is 5.32 Å². The van der Waals surface area contributed by atoms with E-state index < -0.39 is 28.7 Å². The van der Waals surface area contributed by atoms with Crippen molar-refractivity contribution in [2.75, 3.05) is 5.32 Å². The first-order chi connectivity index (χ1) is 14.9. The average Bonchev–Trinajstić information content (AvgIpc) is 3.16. The molecule has 32 heavy (non-hydrogen) atoms. The Hall–Kier alpha value is -3.34. The molecule has 0 aliphatic carbocycles. The van der Waals surface area contributed by atoms with Gasteiger partial charge in [0, 0.05) is 28.5 Å². The van der Waals surface area contributed by atoms with E-state index in [2.05, 4.69) is 10.3 Å². The highest BCUT2D eigenvalue weighted by atomic mass is 32.1. The lowest BCUT2D eigenvalue weighted by Crippen LogP contribution is -2.18. The lowest BCUT2D eigenvalue weighted by atomic mass is 9.88. The number of nitro benzene ring substituents is 1. The number of hydrogen-bond acceptors (Lipinski definition) is 7. The molecule has 172 valence electrons. The summed E-state index contributed by atoms with van der Waals surface area (Å²) in [4.78, 5) is 50.2. The number of amides is 1. The molecule has 11 heteroatoms. The van der Waals surface area contributed by atoms with Crippen LogP contribution in [0.3, 0.4) is 0 Å². The van der Waals surface area contributed by atoms with E-state index in [4.69, 9.17) is 0 Å². The number of carboxylic acid groups (broad SMARTS) is 2. The van der Waals surface area contributed by atoms with Gasteiger partial charge in [-0.15, -0.1) is 11.3 Å². The Morgan fingerprint density at radius 1 is 1.09 bits per heavy atom. The Morgan fingerprint density at radius 2 is 1.69 bits per heavy atom. The molecule has 0 aliphatic heterocycles. The Labute approximate surface area is 188 Å². The maximum atomic E-state index is 11.9. The molecular weight excluding hydrogens is 438 g/mol. The van der Waals surface area contributed by atoms with E-state index in [-0.39, 0.29) is 35.9 Å². The lowest BCUT2D eigenvalue weighted by Gasteiger charge is -2.16. The third-order valence-electron chi connectivity index (χ3n) is 4.95. The van der Waals surface area contributed by atoms with E-state index in [1.54, 1.807) is 25.3 Å². The molecule has 2 rings (SSSR count). The van der Waals surface area contributed by atoms with Crippen molar-refractivity contribution in [1.82, 2.24) is 4.98 Å². The smallest absolute Gasteiger partial charge is 0.306 e. The lowest BCUT2D eigenvalue weighted by molar-refractivity contribution is -0.385. The number of carbonyl (C=O) groups is 3. The van der Waals surface area contributed by atoms with E-state index in [0.29, 0.717) is 22.0 Å². The predicted octanol–water partition coefficient (Wildman–Crippen LogP) is 3.84. The summed E-state index contributed by atoms with van der Waals surface area (Å²) < 4.78 is 0. The number of carboxylic acids is 2. The minimum absolute atomic E-state index is 0.00718. The number of carbonyl (C=O) groups excluding carboxylic acids is 1. The standard InChI is InChI=1S/C21H25N3O7S/c1-10(2)18(25)23-21-22-16(9-32-21)14-7-13(5-11(3)19(26)27)15(6-12(4)20(28)29)17(8-14)24(30)31/h7-12H,5-6H2,1-4H3,(H,26,27)(H,28,29)(H,22,23,25). The summed E-state index contributed by atoms with van der Waals surface area (Å²) in [7, 11) is 0. The van der Waals surface area contributed by atoms with Crippen LogP contribution in [0, 0.1) is 27.9 Å². The zero-order valence-electron chi connectivity index (χ0n) is 18.1. The van der Waals surface area contributed by atoms with Crippen molar-refractivity contribution in [3.63, 3.8) is 0 Å². The first-order valence-electron chi connectivity index (χ1n) is 9.93. The molecule has 0 fully saturated rings. The van der Waals surface area contributed by atoms with Crippen LogP contribution in [-0.2, 0) is 27.2 Å².